The fourth-order valence-corrected chi connectivity index (χ4v) is 3.34. The molecule has 0 bridgehead atoms. The fourth-order valence-electron chi connectivity index (χ4n) is 2.40. The van der Waals surface area contributed by atoms with Gasteiger partial charge in [-0.25, -0.2) is 0 Å². The van der Waals surface area contributed by atoms with E-state index in [4.69, 9.17) is 12.2 Å². The van der Waals surface area contributed by atoms with Crippen LogP contribution in [0.1, 0.15) is 17.8 Å². The normalized spacial score (nSPS) is 11.1. The molecule has 3 rings (SSSR count). The highest BCUT2D eigenvalue weighted by Gasteiger charge is 2.09. The molecule has 0 fully saturated rings. The van der Waals surface area contributed by atoms with Crippen molar-refractivity contribution in [1.82, 2.24) is 24.5 Å². The topological polar surface area (TPSA) is 51.4 Å². The number of thiophene rings is 1. The monoisotopic (exact) mass is 319 g/mol. The van der Waals surface area contributed by atoms with Gasteiger partial charge in [0.1, 0.15) is 0 Å². The van der Waals surface area contributed by atoms with Crippen LogP contribution in [0.25, 0.3) is 10.7 Å². The summed E-state index contributed by atoms with van der Waals surface area (Å²) in [5.74, 6) is 0.920. The Balaban J connectivity index is 1.73. The highest BCUT2D eigenvalue weighted by atomic mass is 32.1. The quantitative estimate of drug-likeness (QED) is 0.731. The summed E-state index contributed by atoms with van der Waals surface area (Å²) in [6.45, 7) is 5.82. The molecule has 0 aliphatic carbocycles. The Morgan fingerprint density at radius 3 is 2.86 bits per heavy atom. The number of nitrogens with one attached hydrogen (secondary N) is 1. The minimum absolute atomic E-state index is 0.673. The molecule has 3 aromatic rings. The number of aryl methyl sites for hydroxylation is 3. The molecule has 3 heterocycles. The van der Waals surface area contributed by atoms with Crippen LogP contribution in [-0.4, -0.2) is 24.5 Å². The summed E-state index contributed by atoms with van der Waals surface area (Å²) in [6.07, 6.45) is 0.966. The molecule has 0 aliphatic rings. The number of rotatable bonds is 5. The first-order valence-corrected chi connectivity index (χ1v) is 8.14. The first kappa shape index (κ1) is 14.2. The Morgan fingerprint density at radius 2 is 2.19 bits per heavy atom. The van der Waals surface area contributed by atoms with Gasteiger partial charge in [0.05, 0.1) is 10.6 Å². The zero-order chi connectivity index (χ0) is 14.8. The molecule has 0 aromatic carbocycles. The van der Waals surface area contributed by atoms with Gasteiger partial charge in [0.15, 0.2) is 10.6 Å². The van der Waals surface area contributed by atoms with Gasteiger partial charge in [-0.05, 0) is 50.0 Å². The lowest BCUT2D eigenvalue weighted by Crippen LogP contribution is -2.07. The van der Waals surface area contributed by atoms with E-state index in [2.05, 4.69) is 38.9 Å². The van der Waals surface area contributed by atoms with Crippen molar-refractivity contribution in [2.45, 2.75) is 33.4 Å². The van der Waals surface area contributed by atoms with Crippen LogP contribution < -0.4 is 0 Å². The van der Waals surface area contributed by atoms with Crippen molar-refractivity contribution < 1.29 is 0 Å². The van der Waals surface area contributed by atoms with Crippen molar-refractivity contribution in [1.29, 1.82) is 0 Å². The molecule has 110 valence electrons. The van der Waals surface area contributed by atoms with E-state index in [-0.39, 0.29) is 0 Å². The van der Waals surface area contributed by atoms with Crippen LogP contribution in [0.3, 0.4) is 0 Å². The van der Waals surface area contributed by atoms with Crippen molar-refractivity contribution in [3.63, 3.8) is 0 Å². The van der Waals surface area contributed by atoms with E-state index in [0.29, 0.717) is 4.77 Å². The number of hydrogen-bond acceptors (Lipinski definition) is 4. The highest BCUT2D eigenvalue weighted by Crippen LogP contribution is 2.22. The lowest BCUT2D eigenvalue weighted by atomic mass is 10.3. The maximum atomic E-state index is 5.33. The van der Waals surface area contributed by atoms with E-state index in [1.807, 2.05) is 23.1 Å². The fraction of sp³-hybridized carbons (Fsp3) is 0.357. The summed E-state index contributed by atoms with van der Waals surface area (Å²) in [7, 11) is 0. The number of hydrogen-bond donors (Lipinski definition) is 1. The molecule has 1 N–H and O–H groups in total. The Hall–Kier alpha value is -1.73. The minimum Gasteiger partial charge on any atom is -0.299 e. The Morgan fingerprint density at radius 1 is 1.33 bits per heavy atom. The van der Waals surface area contributed by atoms with E-state index in [1.54, 1.807) is 11.3 Å². The summed E-state index contributed by atoms with van der Waals surface area (Å²) >= 11 is 7.01. The summed E-state index contributed by atoms with van der Waals surface area (Å²) < 4.78 is 4.78. The Bertz CT molecular complexity index is 779. The Labute approximate surface area is 132 Å². The molecule has 3 aromatic heterocycles. The summed E-state index contributed by atoms with van der Waals surface area (Å²) in [6, 6.07) is 6.19. The number of aromatic amines is 1. The van der Waals surface area contributed by atoms with Crippen LogP contribution >= 0.6 is 23.6 Å². The zero-order valence-corrected chi connectivity index (χ0v) is 13.7. The SMILES string of the molecule is Cc1cc(C)n(CCCn2c(-c3cccs3)n[nH]c2=S)n1. The molecule has 0 atom stereocenters. The first-order valence-electron chi connectivity index (χ1n) is 6.85. The van der Waals surface area contributed by atoms with Gasteiger partial charge in [-0.3, -0.25) is 14.3 Å². The molecular weight excluding hydrogens is 302 g/mol. The molecule has 5 nitrogen and oxygen atoms in total. The van der Waals surface area contributed by atoms with Crippen LogP contribution in [0.5, 0.6) is 0 Å². The van der Waals surface area contributed by atoms with Crippen LogP contribution in [-0.2, 0) is 13.1 Å². The number of H-pyrrole nitrogens is 1. The van der Waals surface area contributed by atoms with Crippen molar-refractivity contribution >= 4 is 23.6 Å². The van der Waals surface area contributed by atoms with Gasteiger partial charge in [-0.15, -0.1) is 11.3 Å². The predicted octanol–water partition coefficient (Wildman–Crippen LogP) is 3.57. The smallest absolute Gasteiger partial charge is 0.195 e. The number of aromatic nitrogens is 5. The minimum atomic E-state index is 0.673. The third-order valence-electron chi connectivity index (χ3n) is 3.35. The molecule has 0 saturated carbocycles. The largest absolute Gasteiger partial charge is 0.299 e. The number of nitrogens with zero attached hydrogens (tertiary/aromatic N) is 4. The molecule has 0 spiro atoms. The molecule has 7 heteroatoms. The van der Waals surface area contributed by atoms with E-state index < -0.39 is 0 Å². The van der Waals surface area contributed by atoms with Crippen LogP contribution in [0.2, 0.25) is 0 Å². The Kier molecular flexibility index (Phi) is 4.03. The summed E-state index contributed by atoms with van der Waals surface area (Å²) in [5.41, 5.74) is 2.26. The van der Waals surface area contributed by atoms with Crippen LogP contribution in [0.4, 0.5) is 0 Å². The van der Waals surface area contributed by atoms with E-state index in [1.165, 1.54) is 5.69 Å². The summed E-state index contributed by atoms with van der Waals surface area (Å²) in [5, 5.41) is 13.8. The lowest BCUT2D eigenvalue weighted by Gasteiger charge is -2.07. The third-order valence-corrected chi connectivity index (χ3v) is 4.53. The van der Waals surface area contributed by atoms with E-state index >= 15 is 0 Å². The average Bonchev–Trinajstić information content (AvgIpc) is 3.13. The standard InChI is InChI=1S/C14H17N5S2/c1-10-9-11(2)19(17-10)7-4-6-18-13(15-16-14(18)20)12-5-3-8-21-12/h3,5,8-9H,4,6-7H2,1-2H3,(H,16,20). The van der Waals surface area contributed by atoms with Gasteiger partial charge in [-0.2, -0.15) is 10.2 Å². The van der Waals surface area contributed by atoms with Gasteiger partial charge in [0.25, 0.3) is 0 Å². The second kappa shape index (κ2) is 5.95. The predicted molar refractivity (Wildman–Crippen MR) is 87.0 cm³/mol. The maximum Gasteiger partial charge on any atom is 0.195 e. The lowest BCUT2D eigenvalue weighted by molar-refractivity contribution is 0.515. The van der Waals surface area contributed by atoms with Crippen molar-refractivity contribution in [2.75, 3.05) is 0 Å². The van der Waals surface area contributed by atoms with Crippen molar-refractivity contribution in [2.24, 2.45) is 0 Å². The highest BCUT2D eigenvalue weighted by molar-refractivity contribution is 7.71. The van der Waals surface area contributed by atoms with Crippen molar-refractivity contribution in [3.8, 4) is 10.7 Å². The van der Waals surface area contributed by atoms with Gasteiger partial charge in [0.2, 0.25) is 0 Å². The molecule has 0 unspecified atom stereocenters. The van der Waals surface area contributed by atoms with E-state index in [9.17, 15) is 0 Å². The maximum absolute atomic E-state index is 5.33. The van der Waals surface area contributed by atoms with Gasteiger partial charge < -0.3 is 0 Å². The van der Waals surface area contributed by atoms with Crippen LogP contribution in [0.15, 0.2) is 23.6 Å². The molecule has 0 saturated heterocycles. The second-order valence-corrected chi connectivity index (χ2v) is 6.32. The first-order chi connectivity index (χ1) is 10.1. The van der Waals surface area contributed by atoms with Gasteiger partial charge >= 0.3 is 0 Å². The van der Waals surface area contributed by atoms with E-state index in [0.717, 1.165) is 35.9 Å². The molecule has 0 aliphatic heterocycles. The van der Waals surface area contributed by atoms with Gasteiger partial charge in [0, 0.05) is 18.8 Å². The molecule has 0 amide bonds. The summed E-state index contributed by atoms with van der Waals surface area (Å²) in [4.78, 5) is 1.13. The van der Waals surface area contributed by atoms with Crippen LogP contribution in [0, 0.1) is 18.6 Å². The molecule has 21 heavy (non-hydrogen) atoms. The average molecular weight is 319 g/mol. The van der Waals surface area contributed by atoms with Crippen molar-refractivity contribution in [3.05, 3.63) is 39.7 Å². The second-order valence-electron chi connectivity index (χ2n) is 4.99. The molecular formula is C14H17N5S2. The van der Waals surface area contributed by atoms with Gasteiger partial charge in [-0.1, -0.05) is 6.07 Å². The zero-order valence-electron chi connectivity index (χ0n) is 12.0. The third kappa shape index (κ3) is 2.98. The molecule has 0 radical (unpaired) electrons.